The van der Waals surface area contributed by atoms with Crippen LogP contribution >= 0.6 is 7.82 Å². The van der Waals surface area contributed by atoms with Crippen molar-refractivity contribution in [3.8, 4) is 0 Å². The number of carbonyl (C=O) groups excluding carboxylic acids is 2. The molecule has 9 heteroatoms. The van der Waals surface area contributed by atoms with Crippen LogP contribution in [0.2, 0.25) is 0 Å². The van der Waals surface area contributed by atoms with Gasteiger partial charge in [-0.1, -0.05) is 217 Å². The van der Waals surface area contributed by atoms with E-state index in [2.05, 4.69) is 62.5 Å². The number of rotatable bonds is 46. The van der Waals surface area contributed by atoms with Crippen LogP contribution in [0.15, 0.2) is 48.6 Å². The van der Waals surface area contributed by atoms with Gasteiger partial charge in [-0.25, -0.2) is 4.57 Å². The van der Waals surface area contributed by atoms with Gasteiger partial charge < -0.3 is 14.4 Å². The Hall–Kier alpha value is -1.99. The second-order valence-electron chi connectivity index (χ2n) is 16.5. The van der Waals surface area contributed by atoms with Crippen molar-refractivity contribution in [2.24, 2.45) is 0 Å². The van der Waals surface area contributed by atoms with Gasteiger partial charge in [-0.3, -0.25) is 18.6 Å². The van der Waals surface area contributed by atoms with Gasteiger partial charge in [0.2, 0.25) is 0 Å². The monoisotopic (exact) mass is 865 g/mol. The van der Waals surface area contributed by atoms with E-state index in [0.717, 1.165) is 83.5 Å². The van der Waals surface area contributed by atoms with Crippen molar-refractivity contribution in [1.29, 1.82) is 0 Å². The van der Waals surface area contributed by atoms with Crippen LogP contribution in [0.3, 0.4) is 0 Å². The minimum atomic E-state index is -4.29. The zero-order chi connectivity index (χ0) is 43.9. The summed E-state index contributed by atoms with van der Waals surface area (Å²) in [7, 11) is -4.29. The Morgan fingerprint density at radius 3 is 1.28 bits per heavy atom. The lowest BCUT2D eigenvalue weighted by atomic mass is 10.0. The van der Waals surface area contributed by atoms with Crippen molar-refractivity contribution in [3.63, 3.8) is 0 Å². The first-order chi connectivity index (χ1) is 29.3. The lowest BCUT2D eigenvalue weighted by Crippen LogP contribution is -2.29. The third-order valence-electron chi connectivity index (χ3n) is 10.6. The summed E-state index contributed by atoms with van der Waals surface area (Å²) >= 11 is 0. The van der Waals surface area contributed by atoms with Crippen LogP contribution in [-0.4, -0.2) is 42.8 Å². The number of hydrogen-bond acceptors (Lipinski definition) is 7. The van der Waals surface area contributed by atoms with Gasteiger partial charge in [0.25, 0.3) is 0 Å². The average Bonchev–Trinajstić information content (AvgIpc) is 3.23. The minimum absolute atomic E-state index is 0.00282. The maximum atomic E-state index is 12.6. The maximum Gasteiger partial charge on any atom is 0.472 e. The first-order valence-electron chi connectivity index (χ1n) is 24.9. The standard InChI is InChI=1S/C51H93O8P/c1-4-7-9-11-13-15-17-19-21-23-25-26-28-29-31-33-35-37-39-41-43-45-50(52)56-47-49(48-58-60(54,55)57-6-3)59-51(53)46-44-42-40-38-36-34-32-30-27-24-22-20-18-16-14-12-10-8-5-2/h8,10,14,16,20,22,27,30,49H,4-7,9,11-13,15,17-19,21,23-26,28-29,31-48H2,1-3H3,(H,54,55)/b10-8-,16-14-,22-20-,30-27-. The summed E-state index contributed by atoms with van der Waals surface area (Å²) < 4.78 is 32.8. The number of phosphoric ester groups is 1. The number of carbonyl (C=O) groups is 2. The van der Waals surface area contributed by atoms with Crippen LogP contribution in [-0.2, 0) is 32.7 Å². The first kappa shape index (κ1) is 58.0. The highest BCUT2D eigenvalue weighted by Gasteiger charge is 2.25. The largest absolute Gasteiger partial charge is 0.472 e. The van der Waals surface area contributed by atoms with E-state index in [-0.39, 0.29) is 25.6 Å². The molecule has 0 heterocycles. The highest BCUT2D eigenvalue weighted by molar-refractivity contribution is 7.47. The predicted molar refractivity (Wildman–Crippen MR) is 253 cm³/mol. The molecule has 0 amide bonds. The summed E-state index contributed by atoms with van der Waals surface area (Å²) in [4.78, 5) is 34.9. The van der Waals surface area contributed by atoms with E-state index in [9.17, 15) is 19.0 Å². The fraction of sp³-hybridized carbons (Fsp3) is 0.804. The van der Waals surface area contributed by atoms with E-state index in [1.54, 1.807) is 6.92 Å². The topological polar surface area (TPSA) is 108 Å². The normalized spacial score (nSPS) is 13.6. The second-order valence-corrected chi connectivity index (χ2v) is 17.9. The van der Waals surface area contributed by atoms with Crippen LogP contribution in [0.1, 0.15) is 239 Å². The average molecular weight is 865 g/mol. The molecule has 0 aliphatic carbocycles. The number of esters is 2. The summed E-state index contributed by atoms with van der Waals surface area (Å²) in [5.41, 5.74) is 0. The molecular weight excluding hydrogens is 772 g/mol. The fourth-order valence-corrected chi connectivity index (χ4v) is 7.79. The van der Waals surface area contributed by atoms with Gasteiger partial charge in [0.05, 0.1) is 13.2 Å². The Balaban J connectivity index is 4.00. The highest BCUT2D eigenvalue weighted by Crippen LogP contribution is 2.43. The molecule has 0 aromatic carbocycles. The molecule has 1 N–H and O–H groups in total. The Kier molecular flexibility index (Phi) is 45.0. The zero-order valence-corrected chi connectivity index (χ0v) is 40.0. The highest BCUT2D eigenvalue weighted by atomic mass is 31.2. The smallest absolute Gasteiger partial charge is 0.462 e. The number of unbranched alkanes of at least 4 members (excludes halogenated alkanes) is 26. The lowest BCUT2D eigenvalue weighted by molar-refractivity contribution is -0.161. The molecule has 0 bridgehead atoms. The van der Waals surface area contributed by atoms with Gasteiger partial charge >= 0.3 is 19.8 Å². The number of allylic oxidation sites excluding steroid dienone is 8. The Labute approximate surface area is 369 Å². The van der Waals surface area contributed by atoms with E-state index < -0.39 is 26.5 Å². The molecule has 2 atom stereocenters. The van der Waals surface area contributed by atoms with Gasteiger partial charge in [-0.15, -0.1) is 0 Å². The SMILES string of the molecule is CC/C=C\C/C=C\C/C=C\C/C=C\CCCCCCCCC(=O)OC(COC(=O)CCCCCCCCCCCCCCCCCCCCCCC)COP(=O)(O)OCC. The molecule has 0 spiro atoms. The molecule has 0 aliphatic rings. The van der Waals surface area contributed by atoms with Gasteiger partial charge in [-0.05, 0) is 58.3 Å². The molecule has 0 saturated heterocycles. The molecule has 0 aliphatic heterocycles. The van der Waals surface area contributed by atoms with Crippen LogP contribution in [0.4, 0.5) is 0 Å². The van der Waals surface area contributed by atoms with Crippen LogP contribution in [0.25, 0.3) is 0 Å². The van der Waals surface area contributed by atoms with Crippen LogP contribution in [0.5, 0.6) is 0 Å². The Morgan fingerprint density at radius 1 is 0.467 bits per heavy atom. The molecule has 2 unspecified atom stereocenters. The Bertz CT molecular complexity index is 1120. The summed E-state index contributed by atoms with van der Waals surface area (Å²) in [6.45, 7) is 5.38. The van der Waals surface area contributed by atoms with Crippen molar-refractivity contribution in [1.82, 2.24) is 0 Å². The maximum absolute atomic E-state index is 12.6. The van der Waals surface area contributed by atoms with Crippen molar-refractivity contribution in [2.75, 3.05) is 19.8 Å². The van der Waals surface area contributed by atoms with Crippen LogP contribution in [0, 0.1) is 0 Å². The third-order valence-corrected chi connectivity index (χ3v) is 11.7. The van der Waals surface area contributed by atoms with E-state index in [4.69, 9.17) is 18.5 Å². The predicted octanol–water partition coefficient (Wildman–Crippen LogP) is 16.1. The minimum Gasteiger partial charge on any atom is -0.462 e. The van der Waals surface area contributed by atoms with E-state index in [1.807, 2.05) is 0 Å². The molecule has 0 aromatic heterocycles. The van der Waals surface area contributed by atoms with E-state index >= 15 is 0 Å². The summed E-state index contributed by atoms with van der Waals surface area (Å²) in [5, 5.41) is 0. The van der Waals surface area contributed by atoms with Gasteiger partial charge in [0.1, 0.15) is 6.61 Å². The quantitative estimate of drug-likeness (QED) is 0.0279. The Morgan fingerprint density at radius 2 is 0.850 bits per heavy atom. The van der Waals surface area contributed by atoms with Crippen molar-refractivity contribution in [2.45, 2.75) is 245 Å². The molecular formula is C51H93O8P. The molecule has 0 aromatic rings. The molecule has 60 heavy (non-hydrogen) atoms. The second kappa shape index (κ2) is 46.5. The van der Waals surface area contributed by atoms with Crippen molar-refractivity contribution in [3.05, 3.63) is 48.6 Å². The van der Waals surface area contributed by atoms with Crippen LogP contribution < -0.4 is 0 Å². The molecule has 0 saturated carbocycles. The zero-order valence-electron chi connectivity index (χ0n) is 39.1. The summed E-state index contributed by atoms with van der Waals surface area (Å²) in [6, 6.07) is 0. The lowest BCUT2D eigenvalue weighted by Gasteiger charge is -2.19. The molecule has 0 fully saturated rings. The molecule has 350 valence electrons. The van der Waals surface area contributed by atoms with Crippen molar-refractivity contribution < 1.29 is 37.6 Å². The third kappa shape index (κ3) is 45.5. The molecule has 0 radical (unpaired) electrons. The number of hydrogen-bond donors (Lipinski definition) is 1. The van der Waals surface area contributed by atoms with Gasteiger partial charge in [0, 0.05) is 12.8 Å². The number of phosphoric acid groups is 1. The summed E-state index contributed by atoms with van der Waals surface area (Å²) in [5.74, 6) is -0.805. The van der Waals surface area contributed by atoms with E-state index in [1.165, 1.54) is 116 Å². The summed E-state index contributed by atoms with van der Waals surface area (Å²) in [6.07, 6.45) is 56.0. The van der Waals surface area contributed by atoms with Gasteiger partial charge in [0.15, 0.2) is 6.10 Å². The molecule has 0 rings (SSSR count). The van der Waals surface area contributed by atoms with E-state index in [0.29, 0.717) is 12.8 Å². The fourth-order valence-electron chi connectivity index (χ4n) is 7.03. The molecule has 8 nitrogen and oxygen atoms in total. The van der Waals surface area contributed by atoms with Gasteiger partial charge in [-0.2, -0.15) is 0 Å². The van der Waals surface area contributed by atoms with Crippen molar-refractivity contribution >= 4 is 19.8 Å². The first-order valence-corrected chi connectivity index (χ1v) is 26.4. The number of ether oxygens (including phenoxy) is 2.